The molecule has 88 valence electrons. The Kier molecular flexibility index (Phi) is 3.96. The Labute approximate surface area is 109 Å². The predicted molar refractivity (Wildman–Crippen MR) is 68.4 cm³/mol. The van der Waals surface area contributed by atoms with Crippen molar-refractivity contribution in [2.75, 3.05) is 0 Å². The van der Waals surface area contributed by atoms with Crippen LogP contribution in [0.5, 0.6) is 5.88 Å². The molecule has 1 aromatic heterocycles. The molecule has 16 heavy (non-hydrogen) atoms. The van der Waals surface area contributed by atoms with E-state index in [2.05, 4.69) is 46.4 Å². The van der Waals surface area contributed by atoms with E-state index in [0.717, 1.165) is 16.4 Å². The van der Waals surface area contributed by atoms with Gasteiger partial charge >= 0.3 is 0 Å². The molecule has 0 N–H and O–H groups in total. The maximum Gasteiger partial charge on any atom is 0.230 e. The summed E-state index contributed by atoms with van der Waals surface area (Å²) in [5.74, 6) is 0.682. The van der Waals surface area contributed by atoms with Crippen molar-refractivity contribution >= 4 is 22.6 Å². The average molecular weight is 334 g/mol. The normalized spacial score (nSPS) is 30.1. The number of aromatic nitrogens is 2. The van der Waals surface area contributed by atoms with E-state index in [-0.39, 0.29) is 18.3 Å². The van der Waals surface area contributed by atoms with E-state index >= 15 is 0 Å². The second-order valence-electron chi connectivity index (χ2n) is 4.14. The SMILES string of the molecule is CC1CC(Oc2ncncc2I)CC(C)O1. The third-order valence-electron chi connectivity index (χ3n) is 2.57. The second kappa shape index (κ2) is 5.27. The lowest BCUT2D eigenvalue weighted by molar-refractivity contribution is -0.0731. The molecular formula is C11H15IN2O2. The molecule has 1 fully saturated rings. The van der Waals surface area contributed by atoms with Crippen LogP contribution in [0.15, 0.2) is 12.5 Å². The zero-order valence-corrected chi connectivity index (χ0v) is 11.5. The molecule has 0 spiro atoms. The van der Waals surface area contributed by atoms with Crippen LogP contribution in [0.25, 0.3) is 0 Å². The van der Waals surface area contributed by atoms with Crippen LogP contribution in [-0.4, -0.2) is 28.3 Å². The number of nitrogens with zero attached hydrogens (tertiary/aromatic N) is 2. The van der Waals surface area contributed by atoms with Gasteiger partial charge in [0.25, 0.3) is 0 Å². The highest BCUT2D eigenvalue weighted by Crippen LogP contribution is 2.25. The maximum absolute atomic E-state index is 5.89. The zero-order chi connectivity index (χ0) is 11.5. The van der Waals surface area contributed by atoms with Gasteiger partial charge in [-0.15, -0.1) is 0 Å². The van der Waals surface area contributed by atoms with Crippen molar-refractivity contribution in [1.29, 1.82) is 0 Å². The molecule has 1 aliphatic rings. The molecule has 1 aromatic rings. The van der Waals surface area contributed by atoms with Crippen LogP contribution >= 0.6 is 22.6 Å². The summed E-state index contributed by atoms with van der Waals surface area (Å²) in [7, 11) is 0. The van der Waals surface area contributed by atoms with E-state index in [1.807, 2.05) is 0 Å². The van der Waals surface area contributed by atoms with E-state index in [0.29, 0.717) is 5.88 Å². The molecule has 2 atom stereocenters. The van der Waals surface area contributed by atoms with E-state index in [1.54, 1.807) is 6.20 Å². The fraction of sp³-hybridized carbons (Fsp3) is 0.636. The molecule has 0 amide bonds. The largest absolute Gasteiger partial charge is 0.473 e. The fourth-order valence-corrected chi connectivity index (χ4v) is 2.41. The standard InChI is InChI=1S/C11H15IN2O2/c1-7-3-9(4-8(2)15-7)16-11-10(12)5-13-6-14-11/h5-9H,3-4H2,1-2H3. The summed E-state index contributed by atoms with van der Waals surface area (Å²) >= 11 is 2.19. The van der Waals surface area contributed by atoms with Crippen molar-refractivity contribution in [1.82, 2.24) is 9.97 Å². The lowest BCUT2D eigenvalue weighted by atomic mass is 10.0. The molecule has 0 aromatic carbocycles. The van der Waals surface area contributed by atoms with Crippen molar-refractivity contribution in [3.63, 3.8) is 0 Å². The minimum absolute atomic E-state index is 0.196. The molecule has 2 rings (SSSR count). The molecule has 0 saturated carbocycles. The van der Waals surface area contributed by atoms with Gasteiger partial charge in [0.1, 0.15) is 12.4 Å². The summed E-state index contributed by atoms with van der Waals surface area (Å²) in [4.78, 5) is 8.09. The Morgan fingerprint density at radius 2 is 2.06 bits per heavy atom. The molecule has 4 nitrogen and oxygen atoms in total. The Bertz CT molecular complexity index is 352. The van der Waals surface area contributed by atoms with Crippen LogP contribution < -0.4 is 4.74 Å². The number of halogens is 1. The van der Waals surface area contributed by atoms with Crippen LogP contribution in [0.2, 0.25) is 0 Å². The van der Waals surface area contributed by atoms with Crippen LogP contribution in [0.1, 0.15) is 26.7 Å². The van der Waals surface area contributed by atoms with Gasteiger partial charge in [-0.25, -0.2) is 9.97 Å². The monoisotopic (exact) mass is 334 g/mol. The summed E-state index contributed by atoms with van der Waals surface area (Å²) in [6.07, 6.45) is 5.83. The quantitative estimate of drug-likeness (QED) is 0.779. The van der Waals surface area contributed by atoms with Crippen LogP contribution in [0.3, 0.4) is 0 Å². The summed E-state index contributed by atoms with van der Waals surface area (Å²) in [6.45, 7) is 4.16. The van der Waals surface area contributed by atoms with Crippen LogP contribution in [0, 0.1) is 3.57 Å². The Morgan fingerprint density at radius 3 is 2.69 bits per heavy atom. The van der Waals surface area contributed by atoms with Gasteiger partial charge in [0, 0.05) is 19.0 Å². The Balaban J connectivity index is 2.02. The summed E-state index contributed by atoms with van der Waals surface area (Å²) in [5.41, 5.74) is 0. The van der Waals surface area contributed by atoms with E-state index < -0.39 is 0 Å². The van der Waals surface area contributed by atoms with Gasteiger partial charge in [-0.1, -0.05) is 0 Å². The van der Waals surface area contributed by atoms with Crippen LogP contribution in [-0.2, 0) is 4.74 Å². The van der Waals surface area contributed by atoms with Gasteiger partial charge in [-0.3, -0.25) is 0 Å². The first-order valence-electron chi connectivity index (χ1n) is 5.42. The number of hydrogen-bond acceptors (Lipinski definition) is 4. The van der Waals surface area contributed by atoms with Crippen LogP contribution in [0.4, 0.5) is 0 Å². The molecule has 0 aliphatic carbocycles. The van der Waals surface area contributed by atoms with E-state index in [9.17, 15) is 0 Å². The van der Waals surface area contributed by atoms with Gasteiger partial charge < -0.3 is 9.47 Å². The van der Waals surface area contributed by atoms with Crippen molar-refractivity contribution in [3.8, 4) is 5.88 Å². The molecule has 0 radical (unpaired) electrons. The lowest BCUT2D eigenvalue weighted by Crippen LogP contribution is -2.36. The first kappa shape index (κ1) is 12.0. The van der Waals surface area contributed by atoms with Crippen molar-refractivity contribution in [2.45, 2.75) is 45.0 Å². The van der Waals surface area contributed by atoms with Gasteiger partial charge in [0.2, 0.25) is 5.88 Å². The topological polar surface area (TPSA) is 44.2 Å². The first-order valence-corrected chi connectivity index (χ1v) is 6.50. The molecule has 2 heterocycles. The fourth-order valence-electron chi connectivity index (χ4n) is 1.99. The predicted octanol–water partition coefficient (Wildman–Crippen LogP) is 2.42. The number of rotatable bonds is 2. The van der Waals surface area contributed by atoms with Crippen molar-refractivity contribution in [2.24, 2.45) is 0 Å². The number of ether oxygens (including phenoxy) is 2. The van der Waals surface area contributed by atoms with Crippen molar-refractivity contribution < 1.29 is 9.47 Å². The van der Waals surface area contributed by atoms with Gasteiger partial charge in [0.15, 0.2) is 0 Å². The average Bonchev–Trinajstić information content (AvgIpc) is 2.20. The Hall–Kier alpha value is -0.430. The molecule has 0 bridgehead atoms. The smallest absolute Gasteiger partial charge is 0.230 e. The highest BCUT2D eigenvalue weighted by atomic mass is 127. The third kappa shape index (κ3) is 3.04. The van der Waals surface area contributed by atoms with Gasteiger partial charge in [-0.2, -0.15) is 0 Å². The minimum Gasteiger partial charge on any atom is -0.473 e. The highest BCUT2D eigenvalue weighted by Gasteiger charge is 2.26. The molecule has 1 aliphatic heterocycles. The minimum atomic E-state index is 0.196. The van der Waals surface area contributed by atoms with E-state index in [4.69, 9.17) is 9.47 Å². The summed E-state index contributed by atoms with van der Waals surface area (Å²) in [6, 6.07) is 0. The molecule has 5 heteroatoms. The maximum atomic E-state index is 5.89. The second-order valence-corrected chi connectivity index (χ2v) is 5.31. The Morgan fingerprint density at radius 1 is 1.38 bits per heavy atom. The lowest BCUT2D eigenvalue weighted by Gasteiger charge is -2.32. The summed E-state index contributed by atoms with van der Waals surface area (Å²) < 4.78 is 12.5. The highest BCUT2D eigenvalue weighted by molar-refractivity contribution is 14.1. The molecule has 1 saturated heterocycles. The third-order valence-corrected chi connectivity index (χ3v) is 3.31. The van der Waals surface area contributed by atoms with E-state index in [1.165, 1.54) is 6.33 Å². The van der Waals surface area contributed by atoms with Gasteiger partial charge in [0.05, 0.1) is 15.8 Å². The molecule has 2 unspecified atom stereocenters. The zero-order valence-electron chi connectivity index (χ0n) is 9.39. The summed E-state index contributed by atoms with van der Waals surface area (Å²) in [5, 5.41) is 0. The first-order chi connectivity index (χ1) is 7.65. The number of hydrogen-bond donors (Lipinski definition) is 0. The van der Waals surface area contributed by atoms with Gasteiger partial charge in [-0.05, 0) is 36.4 Å². The van der Waals surface area contributed by atoms with Crippen molar-refractivity contribution in [3.05, 3.63) is 16.1 Å². The molecular weight excluding hydrogens is 319 g/mol.